The van der Waals surface area contributed by atoms with Gasteiger partial charge >= 0.3 is 5.97 Å². The minimum atomic E-state index is -0.979. The van der Waals surface area contributed by atoms with Crippen LogP contribution in [0.15, 0.2) is 12.7 Å². The minimum absolute atomic E-state index is 0.201. The van der Waals surface area contributed by atoms with Crippen molar-refractivity contribution in [3.8, 4) is 0 Å². The number of carboxylic acid groups (broad SMARTS) is 1. The Bertz CT molecular complexity index is 151. The first kappa shape index (κ1) is 10.2. The van der Waals surface area contributed by atoms with Gasteiger partial charge in [0.15, 0.2) is 0 Å². The lowest BCUT2D eigenvalue weighted by Gasteiger charge is -2.19. The predicted molar refractivity (Wildman–Crippen MR) is 42.2 cm³/mol. The Morgan fingerprint density at radius 3 is 2.09 bits per heavy atom. The average molecular weight is 158 g/mol. The van der Waals surface area contributed by atoms with Gasteiger partial charge in [-0.15, -0.1) is 6.58 Å². The fraction of sp³-hybridized carbons (Fsp3) is 0.625. The third-order valence-corrected chi connectivity index (χ3v) is 1.74. The molecule has 0 saturated carbocycles. The first-order chi connectivity index (χ1) is 5.00. The molecule has 64 valence electrons. The highest BCUT2D eigenvalue weighted by Gasteiger charge is 2.27. The first-order valence-corrected chi connectivity index (χ1v) is 3.54. The molecule has 0 rings (SSSR count). The third kappa shape index (κ3) is 2.72. The van der Waals surface area contributed by atoms with E-state index in [1.165, 1.54) is 13.0 Å². The molecule has 0 heterocycles. The third-order valence-electron chi connectivity index (χ3n) is 1.74. The molecule has 0 spiro atoms. The highest BCUT2D eigenvalue weighted by atomic mass is 16.4. The van der Waals surface area contributed by atoms with E-state index in [1.807, 2.05) is 0 Å². The number of carboxylic acids is 1. The SMILES string of the molecule is C=C[C@@H](C)[C@@H](C(=O)O)[C@@H](C)O. The maximum atomic E-state index is 10.5. The van der Waals surface area contributed by atoms with Crippen molar-refractivity contribution in [2.24, 2.45) is 11.8 Å². The first-order valence-electron chi connectivity index (χ1n) is 3.54. The Morgan fingerprint density at radius 1 is 1.55 bits per heavy atom. The molecule has 0 aromatic heterocycles. The van der Waals surface area contributed by atoms with Gasteiger partial charge in [0.2, 0.25) is 0 Å². The maximum Gasteiger partial charge on any atom is 0.309 e. The largest absolute Gasteiger partial charge is 0.481 e. The molecule has 0 aliphatic rings. The van der Waals surface area contributed by atoms with Crippen LogP contribution in [-0.2, 0) is 4.79 Å². The minimum Gasteiger partial charge on any atom is -0.481 e. The zero-order valence-electron chi connectivity index (χ0n) is 6.82. The van der Waals surface area contributed by atoms with Gasteiger partial charge in [-0.05, 0) is 12.8 Å². The lowest BCUT2D eigenvalue weighted by Crippen LogP contribution is -2.30. The maximum absolute atomic E-state index is 10.5. The van der Waals surface area contributed by atoms with Crippen molar-refractivity contribution < 1.29 is 15.0 Å². The second-order valence-corrected chi connectivity index (χ2v) is 2.70. The van der Waals surface area contributed by atoms with Crippen molar-refractivity contribution in [3.63, 3.8) is 0 Å². The summed E-state index contributed by atoms with van der Waals surface area (Å²) in [7, 11) is 0. The van der Waals surface area contributed by atoms with Crippen LogP contribution in [0.3, 0.4) is 0 Å². The summed E-state index contributed by atoms with van der Waals surface area (Å²) in [6.45, 7) is 6.66. The van der Waals surface area contributed by atoms with Crippen molar-refractivity contribution in [3.05, 3.63) is 12.7 Å². The van der Waals surface area contributed by atoms with Gasteiger partial charge in [-0.1, -0.05) is 13.0 Å². The number of aliphatic carboxylic acids is 1. The molecule has 0 fully saturated rings. The number of hydrogen-bond acceptors (Lipinski definition) is 2. The zero-order valence-corrected chi connectivity index (χ0v) is 6.82. The van der Waals surface area contributed by atoms with E-state index >= 15 is 0 Å². The fourth-order valence-corrected chi connectivity index (χ4v) is 1.02. The summed E-state index contributed by atoms with van der Waals surface area (Å²) in [4.78, 5) is 10.5. The van der Waals surface area contributed by atoms with Crippen LogP contribution in [0.5, 0.6) is 0 Å². The van der Waals surface area contributed by atoms with Gasteiger partial charge in [-0.2, -0.15) is 0 Å². The molecule has 0 bridgehead atoms. The summed E-state index contributed by atoms with van der Waals surface area (Å²) in [6.07, 6.45) is 0.700. The quantitative estimate of drug-likeness (QED) is 0.597. The molecule has 3 nitrogen and oxygen atoms in total. The number of hydrogen-bond donors (Lipinski definition) is 2. The monoisotopic (exact) mass is 158 g/mol. The second kappa shape index (κ2) is 4.13. The van der Waals surface area contributed by atoms with E-state index in [0.717, 1.165) is 0 Å². The highest BCUT2D eigenvalue weighted by molar-refractivity contribution is 5.71. The molecule has 0 aromatic rings. The topological polar surface area (TPSA) is 57.5 Å². The van der Waals surface area contributed by atoms with E-state index < -0.39 is 18.0 Å². The molecule has 11 heavy (non-hydrogen) atoms. The van der Waals surface area contributed by atoms with E-state index in [0.29, 0.717) is 0 Å². The molecule has 3 heteroatoms. The number of allylic oxidation sites excluding steroid dienone is 1. The lowest BCUT2D eigenvalue weighted by atomic mass is 9.90. The summed E-state index contributed by atoms with van der Waals surface area (Å²) in [5, 5.41) is 17.7. The van der Waals surface area contributed by atoms with E-state index in [9.17, 15) is 4.79 Å². The van der Waals surface area contributed by atoms with Gasteiger partial charge in [0, 0.05) is 0 Å². The zero-order chi connectivity index (χ0) is 9.02. The van der Waals surface area contributed by atoms with E-state index in [1.54, 1.807) is 6.92 Å². The Morgan fingerprint density at radius 2 is 2.00 bits per heavy atom. The van der Waals surface area contributed by atoms with Crippen LogP contribution in [0.25, 0.3) is 0 Å². The van der Waals surface area contributed by atoms with Crippen LogP contribution >= 0.6 is 0 Å². The normalized spacial score (nSPS) is 18.5. The summed E-state index contributed by atoms with van der Waals surface area (Å²) < 4.78 is 0. The molecule has 0 aliphatic heterocycles. The fourth-order valence-electron chi connectivity index (χ4n) is 1.02. The van der Waals surface area contributed by atoms with Crippen LogP contribution in [0, 0.1) is 11.8 Å². The van der Waals surface area contributed by atoms with Crippen molar-refractivity contribution >= 4 is 5.97 Å². The molecule has 0 aromatic carbocycles. The van der Waals surface area contributed by atoms with E-state index in [4.69, 9.17) is 10.2 Å². The Hall–Kier alpha value is -0.830. The molecular formula is C8H14O3. The number of aliphatic hydroxyl groups excluding tert-OH is 1. The molecule has 0 radical (unpaired) electrons. The smallest absolute Gasteiger partial charge is 0.309 e. The van der Waals surface area contributed by atoms with E-state index in [-0.39, 0.29) is 5.92 Å². The predicted octanol–water partition coefficient (Wildman–Crippen LogP) is 0.890. The molecule has 2 N–H and O–H groups in total. The van der Waals surface area contributed by atoms with Gasteiger partial charge in [0.25, 0.3) is 0 Å². The van der Waals surface area contributed by atoms with Gasteiger partial charge in [0.1, 0.15) is 0 Å². The molecule has 0 aliphatic carbocycles. The Kier molecular flexibility index (Phi) is 3.82. The van der Waals surface area contributed by atoms with Crippen LogP contribution in [-0.4, -0.2) is 22.3 Å². The van der Waals surface area contributed by atoms with Gasteiger partial charge < -0.3 is 10.2 Å². The molecule has 0 amide bonds. The second-order valence-electron chi connectivity index (χ2n) is 2.70. The standard InChI is InChI=1S/C8H14O3/c1-4-5(2)7(6(3)9)8(10)11/h4-7,9H,1H2,2-3H3,(H,10,11)/t5-,6-,7-/m1/s1. The Balaban J connectivity index is 4.33. The van der Waals surface area contributed by atoms with Crippen molar-refractivity contribution in [2.45, 2.75) is 20.0 Å². The summed E-state index contributed by atoms with van der Waals surface area (Å²) in [5.41, 5.74) is 0. The van der Waals surface area contributed by atoms with E-state index in [2.05, 4.69) is 6.58 Å². The van der Waals surface area contributed by atoms with Crippen molar-refractivity contribution in [1.82, 2.24) is 0 Å². The molecule has 0 unspecified atom stereocenters. The van der Waals surface area contributed by atoms with Crippen molar-refractivity contribution in [1.29, 1.82) is 0 Å². The Labute approximate surface area is 66.4 Å². The lowest BCUT2D eigenvalue weighted by molar-refractivity contribution is -0.146. The van der Waals surface area contributed by atoms with Gasteiger partial charge in [-0.3, -0.25) is 4.79 Å². The number of aliphatic hydroxyl groups is 1. The average Bonchev–Trinajstić information content (AvgIpc) is 1.85. The summed E-state index contributed by atoms with van der Waals surface area (Å²) >= 11 is 0. The van der Waals surface area contributed by atoms with Gasteiger partial charge in [-0.25, -0.2) is 0 Å². The molecular weight excluding hydrogens is 144 g/mol. The van der Waals surface area contributed by atoms with Crippen molar-refractivity contribution in [2.75, 3.05) is 0 Å². The summed E-state index contributed by atoms with van der Waals surface area (Å²) in [5.74, 6) is -1.92. The number of carbonyl (C=O) groups is 1. The summed E-state index contributed by atoms with van der Waals surface area (Å²) in [6, 6.07) is 0. The van der Waals surface area contributed by atoms with Crippen LogP contribution in [0.4, 0.5) is 0 Å². The van der Waals surface area contributed by atoms with Crippen LogP contribution < -0.4 is 0 Å². The number of rotatable bonds is 4. The molecule has 3 atom stereocenters. The molecule has 0 saturated heterocycles. The van der Waals surface area contributed by atoms with Crippen LogP contribution in [0.2, 0.25) is 0 Å². The van der Waals surface area contributed by atoms with Crippen LogP contribution in [0.1, 0.15) is 13.8 Å². The van der Waals surface area contributed by atoms with Gasteiger partial charge in [0.05, 0.1) is 12.0 Å². The highest BCUT2D eigenvalue weighted by Crippen LogP contribution is 2.16.